The Balaban J connectivity index is 2.28. The summed E-state index contributed by atoms with van der Waals surface area (Å²) in [6.45, 7) is 1.51. The van der Waals surface area contributed by atoms with E-state index in [9.17, 15) is 9.59 Å². The second kappa shape index (κ2) is 3.75. The standard InChI is InChI=1S/C7H8O5/c1-5(8)10-3-2-6-4-11-7(9)12-6/h2H,3-4H2,1H3/b6-2+. The average molecular weight is 172 g/mol. The first kappa shape index (κ1) is 8.58. The van der Waals surface area contributed by atoms with Crippen molar-refractivity contribution in [2.75, 3.05) is 13.2 Å². The van der Waals surface area contributed by atoms with Gasteiger partial charge in [0.15, 0.2) is 6.61 Å². The number of carbonyl (C=O) groups excluding carboxylic acids is 2. The highest BCUT2D eigenvalue weighted by atomic mass is 16.8. The van der Waals surface area contributed by atoms with Gasteiger partial charge in [0.1, 0.15) is 12.4 Å². The highest BCUT2D eigenvalue weighted by Gasteiger charge is 2.17. The molecule has 0 amide bonds. The van der Waals surface area contributed by atoms with Gasteiger partial charge in [-0.2, -0.15) is 0 Å². The number of rotatable bonds is 2. The molecule has 1 aliphatic heterocycles. The van der Waals surface area contributed by atoms with Gasteiger partial charge in [0.25, 0.3) is 0 Å². The molecule has 0 unspecified atom stereocenters. The van der Waals surface area contributed by atoms with Gasteiger partial charge in [-0.05, 0) is 6.08 Å². The minimum Gasteiger partial charge on any atom is -0.461 e. The number of esters is 1. The van der Waals surface area contributed by atoms with Crippen LogP contribution in [0.2, 0.25) is 0 Å². The van der Waals surface area contributed by atoms with Crippen molar-refractivity contribution in [3.63, 3.8) is 0 Å². The Morgan fingerprint density at radius 3 is 3.00 bits per heavy atom. The lowest BCUT2D eigenvalue weighted by Crippen LogP contribution is -1.99. The van der Waals surface area contributed by atoms with Gasteiger partial charge in [-0.15, -0.1) is 0 Å². The van der Waals surface area contributed by atoms with Crippen molar-refractivity contribution in [3.8, 4) is 0 Å². The molecule has 1 saturated heterocycles. The van der Waals surface area contributed by atoms with E-state index in [4.69, 9.17) is 0 Å². The largest absolute Gasteiger partial charge is 0.514 e. The molecule has 0 radical (unpaired) electrons. The van der Waals surface area contributed by atoms with Gasteiger partial charge in [-0.3, -0.25) is 4.79 Å². The lowest BCUT2D eigenvalue weighted by atomic mass is 10.5. The van der Waals surface area contributed by atoms with Crippen LogP contribution in [0.4, 0.5) is 4.79 Å². The first-order valence-electron chi connectivity index (χ1n) is 3.35. The number of carbonyl (C=O) groups is 2. The zero-order valence-corrected chi connectivity index (χ0v) is 6.53. The molecule has 1 aliphatic rings. The van der Waals surface area contributed by atoms with Crippen LogP contribution in [0.3, 0.4) is 0 Å². The molecular weight excluding hydrogens is 164 g/mol. The first-order chi connectivity index (χ1) is 5.68. The highest BCUT2D eigenvalue weighted by molar-refractivity contribution is 5.66. The molecule has 0 aromatic rings. The Morgan fingerprint density at radius 1 is 1.75 bits per heavy atom. The van der Waals surface area contributed by atoms with Gasteiger partial charge in [0, 0.05) is 6.92 Å². The molecule has 1 heterocycles. The normalized spacial score (nSPS) is 18.8. The molecule has 0 aromatic carbocycles. The Morgan fingerprint density at radius 2 is 2.50 bits per heavy atom. The summed E-state index contributed by atoms with van der Waals surface area (Å²) >= 11 is 0. The molecule has 0 N–H and O–H groups in total. The zero-order chi connectivity index (χ0) is 8.97. The molecule has 0 saturated carbocycles. The first-order valence-corrected chi connectivity index (χ1v) is 3.35. The van der Waals surface area contributed by atoms with Crippen molar-refractivity contribution < 1.29 is 23.8 Å². The fourth-order valence-corrected chi connectivity index (χ4v) is 0.649. The monoisotopic (exact) mass is 172 g/mol. The molecule has 0 spiro atoms. The number of cyclic esters (lactones) is 2. The van der Waals surface area contributed by atoms with E-state index in [-0.39, 0.29) is 19.2 Å². The Labute approximate surface area is 68.9 Å². The van der Waals surface area contributed by atoms with Crippen LogP contribution in [0.25, 0.3) is 0 Å². The predicted octanol–water partition coefficient (Wildman–Crippen LogP) is 0.600. The molecule has 66 valence electrons. The van der Waals surface area contributed by atoms with E-state index in [2.05, 4.69) is 14.2 Å². The van der Waals surface area contributed by atoms with E-state index in [1.807, 2.05) is 0 Å². The maximum absolute atomic E-state index is 10.4. The molecule has 1 fully saturated rings. The van der Waals surface area contributed by atoms with E-state index >= 15 is 0 Å². The summed E-state index contributed by atoms with van der Waals surface area (Å²) < 4.78 is 13.6. The third-order valence-electron chi connectivity index (χ3n) is 1.14. The zero-order valence-electron chi connectivity index (χ0n) is 6.53. The SMILES string of the molecule is CC(=O)OC/C=C1\COC(=O)O1. The van der Waals surface area contributed by atoms with Crippen LogP contribution < -0.4 is 0 Å². The van der Waals surface area contributed by atoms with Crippen LogP contribution >= 0.6 is 0 Å². The van der Waals surface area contributed by atoms with Crippen LogP contribution in [-0.4, -0.2) is 25.3 Å². The number of ether oxygens (including phenoxy) is 3. The summed E-state index contributed by atoms with van der Waals surface area (Å²) in [7, 11) is 0. The lowest BCUT2D eigenvalue weighted by Gasteiger charge is -1.95. The molecule has 5 heteroatoms. The number of hydrogen-bond acceptors (Lipinski definition) is 5. The van der Waals surface area contributed by atoms with Crippen molar-refractivity contribution in [2.45, 2.75) is 6.92 Å². The molecule has 0 aromatic heterocycles. The van der Waals surface area contributed by atoms with Gasteiger partial charge >= 0.3 is 12.1 Å². The topological polar surface area (TPSA) is 61.8 Å². The van der Waals surface area contributed by atoms with Gasteiger partial charge in [-0.25, -0.2) is 4.79 Å². The second-order valence-corrected chi connectivity index (χ2v) is 2.11. The minimum atomic E-state index is -0.718. The van der Waals surface area contributed by atoms with E-state index in [0.717, 1.165) is 0 Å². The maximum Gasteiger partial charge on any atom is 0.514 e. The Bertz CT molecular complexity index is 230. The van der Waals surface area contributed by atoms with Crippen LogP contribution in [-0.2, 0) is 19.0 Å². The summed E-state index contributed by atoms with van der Waals surface area (Å²) in [6, 6.07) is 0. The molecular formula is C7H8O5. The summed E-state index contributed by atoms with van der Waals surface area (Å²) in [5.41, 5.74) is 0. The van der Waals surface area contributed by atoms with E-state index in [0.29, 0.717) is 5.76 Å². The van der Waals surface area contributed by atoms with Gasteiger partial charge in [0.05, 0.1) is 0 Å². The molecule has 0 atom stereocenters. The lowest BCUT2D eigenvalue weighted by molar-refractivity contribution is -0.139. The van der Waals surface area contributed by atoms with Crippen LogP contribution in [0.15, 0.2) is 11.8 Å². The molecule has 0 bridgehead atoms. The molecule has 12 heavy (non-hydrogen) atoms. The quantitative estimate of drug-likeness (QED) is 0.571. The van der Waals surface area contributed by atoms with Gasteiger partial charge in [0.2, 0.25) is 0 Å². The van der Waals surface area contributed by atoms with Crippen molar-refractivity contribution in [3.05, 3.63) is 11.8 Å². The average Bonchev–Trinajstić information content (AvgIpc) is 2.35. The fraction of sp³-hybridized carbons (Fsp3) is 0.429. The smallest absolute Gasteiger partial charge is 0.461 e. The van der Waals surface area contributed by atoms with Crippen molar-refractivity contribution >= 4 is 12.1 Å². The third-order valence-corrected chi connectivity index (χ3v) is 1.14. The van der Waals surface area contributed by atoms with E-state index in [1.165, 1.54) is 13.0 Å². The Hall–Kier alpha value is -1.52. The summed E-state index contributed by atoms with van der Waals surface area (Å²) in [5.74, 6) is -0.00154. The second-order valence-electron chi connectivity index (χ2n) is 2.11. The third kappa shape index (κ3) is 2.61. The van der Waals surface area contributed by atoms with Crippen molar-refractivity contribution in [1.29, 1.82) is 0 Å². The summed E-state index contributed by atoms with van der Waals surface area (Å²) in [4.78, 5) is 20.6. The van der Waals surface area contributed by atoms with Crippen molar-refractivity contribution in [2.24, 2.45) is 0 Å². The number of hydrogen-bond donors (Lipinski definition) is 0. The molecule has 1 rings (SSSR count). The minimum absolute atomic E-state index is 0.0985. The maximum atomic E-state index is 10.4. The highest BCUT2D eigenvalue weighted by Crippen LogP contribution is 2.08. The predicted molar refractivity (Wildman–Crippen MR) is 37.1 cm³/mol. The van der Waals surface area contributed by atoms with Gasteiger partial charge in [-0.1, -0.05) is 0 Å². The molecule has 5 nitrogen and oxygen atoms in total. The fourth-order valence-electron chi connectivity index (χ4n) is 0.649. The van der Waals surface area contributed by atoms with E-state index in [1.54, 1.807) is 0 Å². The van der Waals surface area contributed by atoms with Crippen LogP contribution in [0.5, 0.6) is 0 Å². The van der Waals surface area contributed by atoms with Gasteiger partial charge < -0.3 is 14.2 Å². The summed E-state index contributed by atoms with van der Waals surface area (Å²) in [6.07, 6.45) is 0.760. The van der Waals surface area contributed by atoms with E-state index < -0.39 is 6.16 Å². The Kier molecular flexibility index (Phi) is 2.68. The van der Waals surface area contributed by atoms with Crippen LogP contribution in [0.1, 0.15) is 6.92 Å². The van der Waals surface area contributed by atoms with Crippen LogP contribution in [0, 0.1) is 0 Å². The summed E-state index contributed by atoms with van der Waals surface area (Å²) in [5, 5.41) is 0. The molecule has 0 aliphatic carbocycles. The van der Waals surface area contributed by atoms with Crippen molar-refractivity contribution in [1.82, 2.24) is 0 Å².